The molecule has 1 N–H and O–H groups in total. The predicted molar refractivity (Wildman–Crippen MR) is 94.0 cm³/mol. The fourth-order valence-electron chi connectivity index (χ4n) is 2.16. The van der Waals surface area contributed by atoms with Crippen molar-refractivity contribution in [3.05, 3.63) is 71.3 Å². The zero-order chi connectivity index (χ0) is 21.8. The molecule has 1 amide bonds. The van der Waals surface area contributed by atoms with Crippen molar-refractivity contribution in [2.45, 2.75) is 18.5 Å². The number of carbonyl (C=O) groups excluding carboxylic acids is 1. The van der Waals surface area contributed by atoms with Crippen LogP contribution in [0.5, 0.6) is 5.75 Å². The van der Waals surface area contributed by atoms with E-state index in [4.69, 9.17) is 0 Å². The van der Waals surface area contributed by atoms with Gasteiger partial charge in [0.2, 0.25) is 5.91 Å². The summed E-state index contributed by atoms with van der Waals surface area (Å²) in [5.41, 5.74) is -5.35. The molecule has 1 atom stereocenters. The van der Waals surface area contributed by atoms with Crippen molar-refractivity contribution in [1.82, 2.24) is 5.32 Å². The molecule has 0 saturated carbocycles. The number of hydrogen-bond acceptors (Lipinski definition) is 4. The molecule has 0 aromatic heterocycles. The molecule has 2 aromatic carbocycles. The van der Waals surface area contributed by atoms with Gasteiger partial charge in [0.1, 0.15) is 17.4 Å². The van der Waals surface area contributed by atoms with Crippen molar-refractivity contribution in [3.8, 4) is 5.75 Å². The Hall–Kier alpha value is -2.95. The number of alkyl halides is 3. The molecule has 0 radical (unpaired) electrons. The molecule has 156 valence electrons. The van der Waals surface area contributed by atoms with E-state index in [2.05, 4.69) is 9.50 Å². The van der Waals surface area contributed by atoms with Gasteiger partial charge in [0.05, 0.1) is 6.04 Å². The van der Waals surface area contributed by atoms with Crippen molar-refractivity contribution < 1.29 is 39.3 Å². The van der Waals surface area contributed by atoms with Crippen LogP contribution >= 0.6 is 0 Å². The molecule has 0 aliphatic rings. The Kier molecular flexibility index (Phi) is 6.62. The standard InChI is InChI=1S/C18H14F5NO4S/c1-11(24-17(25)8-6-12-5-7-14(19)10-16(12)20)13-3-2-4-15(9-13)28-29(26,27)18(21,22)23/h2-11H,1H3,(H,24,25). The molecule has 0 bridgehead atoms. The Bertz CT molecular complexity index is 1030. The first-order valence-electron chi connectivity index (χ1n) is 7.93. The normalized spacial score (nSPS) is 13.3. The maximum absolute atomic E-state index is 13.5. The lowest BCUT2D eigenvalue weighted by Crippen LogP contribution is -2.28. The summed E-state index contributed by atoms with van der Waals surface area (Å²) in [7, 11) is -5.82. The lowest BCUT2D eigenvalue weighted by Gasteiger charge is -2.15. The van der Waals surface area contributed by atoms with Gasteiger partial charge in [-0.25, -0.2) is 8.78 Å². The summed E-state index contributed by atoms with van der Waals surface area (Å²) < 4.78 is 89.8. The van der Waals surface area contributed by atoms with Crippen LogP contribution in [-0.4, -0.2) is 19.8 Å². The smallest absolute Gasteiger partial charge is 0.376 e. The maximum atomic E-state index is 13.5. The number of benzene rings is 2. The minimum atomic E-state index is -5.82. The molecule has 0 aliphatic heterocycles. The summed E-state index contributed by atoms with van der Waals surface area (Å²) in [4.78, 5) is 12.0. The second-order valence-electron chi connectivity index (χ2n) is 5.79. The van der Waals surface area contributed by atoms with E-state index in [0.29, 0.717) is 6.07 Å². The third-order valence-electron chi connectivity index (χ3n) is 3.58. The molecule has 11 heteroatoms. The highest BCUT2D eigenvalue weighted by Gasteiger charge is 2.48. The van der Waals surface area contributed by atoms with E-state index in [1.807, 2.05) is 0 Å². The van der Waals surface area contributed by atoms with Gasteiger partial charge in [0, 0.05) is 17.7 Å². The first-order valence-corrected chi connectivity index (χ1v) is 9.34. The third-order valence-corrected chi connectivity index (χ3v) is 4.56. The van der Waals surface area contributed by atoms with E-state index >= 15 is 0 Å². The zero-order valence-corrected chi connectivity index (χ0v) is 15.5. The van der Waals surface area contributed by atoms with E-state index in [9.17, 15) is 35.2 Å². The monoisotopic (exact) mass is 435 g/mol. The van der Waals surface area contributed by atoms with Gasteiger partial charge in [-0.05, 0) is 42.8 Å². The number of halogens is 5. The van der Waals surface area contributed by atoms with E-state index < -0.39 is 45.0 Å². The first kappa shape index (κ1) is 22.3. The van der Waals surface area contributed by atoms with Gasteiger partial charge >= 0.3 is 15.6 Å². The molecule has 0 aliphatic carbocycles. The topological polar surface area (TPSA) is 72.5 Å². The lowest BCUT2D eigenvalue weighted by atomic mass is 10.1. The quantitative estimate of drug-likeness (QED) is 0.321. The maximum Gasteiger partial charge on any atom is 0.534 e. The van der Waals surface area contributed by atoms with Crippen molar-refractivity contribution in [2.24, 2.45) is 0 Å². The molecular weight excluding hydrogens is 421 g/mol. The lowest BCUT2D eigenvalue weighted by molar-refractivity contribution is -0.117. The zero-order valence-electron chi connectivity index (χ0n) is 14.7. The highest BCUT2D eigenvalue weighted by atomic mass is 32.2. The predicted octanol–water partition coefficient (Wildman–Crippen LogP) is 4.08. The molecule has 2 aromatic rings. The number of rotatable bonds is 6. The summed E-state index contributed by atoms with van der Waals surface area (Å²) in [6.45, 7) is 1.49. The van der Waals surface area contributed by atoms with Crippen LogP contribution in [0, 0.1) is 11.6 Å². The van der Waals surface area contributed by atoms with Crippen molar-refractivity contribution in [2.75, 3.05) is 0 Å². The summed E-state index contributed by atoms with van der Waals surface area (Å²) in [6, 6.07) is 6.78. The molecule has 0 heterocycles. The fourth-order valence-corrected chi connectivity index (χ4v) is 2.61. The molecule has 0 fully saturated rings. The Morgan fingerprint density at radius 2 is 1.83 bits per heavy atom. The average Bonchev–Trinajstić information content (AvgIpc) is 2.59. The second-order valence-corrected chi connectivity index (χ2v) is 7.32. The van der Waals surface area contributed by atoms with Gasteiger partial charge in [0.25, 0.3) is 0 Å². The van der Waals surface area contributed by atoms with Gasteiger partial charge in [0.15, 0.2) is 0 Å². The van der Waals surface area contributed by atoms with Gasteiger partial charge in [-0.2, -0.15) is 21.6 Å². The van der Waals surface area contributed by atoms with Gasteiger partial charge < -0.3 is 9.50 Å². The van der Waals surface area contributed by atoms with Crippen LogP contribution in [0.4, 0.5) is 22.0 Å². The van der Waals surface area contributed by atoms with E-state index in [-0.39, 0.29) is 11.1 Å². The van der Waals surface area contributed by atoms with Crippen LogP contribution in [0.3, 0.4) is 0 Å². The molecule has 1 unspecified atom stereocenters. The van der Waals surface area contributed by atoms with E-state index in [1.165, 1.54) is 19.1 Å². The Labute approximate surface area is 162 Å². The van der Waals surface area contributed by atoms with Gasteiger partial charge in [-0.1, -0.05) is 12.1 Å². The van der Waals surface area contributed by atoms with Crippen LogP contribution in [0.25, 0.3) is 6.08 Å². The number of hydrogen-bond donors (Lipinski definition) is 1. The van der Waals surface area contributed by atoms with Gasteiger partial charge in [-0.15, -0.1) is 0 Å². The first-order chi connectivity index (χ1) is 13.4. The summed E-state index contributed by atoms with van der Waals surface area (Å²) in [6.07, 6.45) is 2.10. The largest absolute Gasteiger partial charge is 0.534 e. The molecule has 2 rings (SSSR count). The van der Waals surface area contributed by atoms with E-state index in [1.54, 1.807) is 0 Å². The van der Waals surface area contributed by atoms with Crippen molar-refractivity contribution in [3.63, 3.8) is 0 Å². The number of amides is 1. The Morgan fingerprint density at radius 3 is 2.45 bits per heavy atom. The Morgan fingerprint density at radius 1 is 1.14 bits per heavy atom. The van der Waals surface area contributed by atoms with E-state index in [0.717, 1.165) is 36.4 Å². The second kappa shape index (κ2) is 8.60. The molecular formula is C18H14F5NO4S. The highest BCUT2D eigenvalue weighted by molar-refractivity contribution is 7.88. The van der Waals surface area contributed by atoms with Gasteiger partial charge in [-0.3, -0.25) is 4.79 Å². The van der Waals surface area contributed by atoms with Crippen molar-refractivity contribution in [1.29, 1.82) is 0 Å². The van der Waals surface area contributed by atoms with Crippen LogP contribution in [-0.2, 0) is 14.9 Å². The number of carbonyl (C=O) groups is 1. The van der Waals surface area contributed by atoms with Crippen LogP contribution in [0.2, 0.25) is 0 Å². The highest BCUT2D eigenvalue weighted by Crippen LogP contribution is 2.28. The SMILES string of the molecule is CC(NC(=O)C=Cc1ccc(F)cc1F)c1cccc(OS(=O)(=O)C(F)(F)F)c1. The summed E-state index contributed by atoms with van der Waals surface area (Å²) in [5.74, 6) is -2.88. The summed E-state index contributed by atoms with van der Waals surface area (Å²) >= 11 is 0. The molecule has 5 nitrogen and oxygen atoms in total. The fraction of sp³-hybridized carbons (Fsp3) is 0.167. The molecule has 29 heavy (non-hydrogen) atoms. The Balaban J connectivity index is 2.08. The van der Waals surface area contributed by atoms with Crippen LogP contribution in [0.15, 0.2) is 48.5 Å². The molecule has 0 spiro atoms. The minimum Gasteiger partial charge on any atom is -0.376 e. The molecule has 0 saturated heterocycles. The van der Waals surface area contributed by atoms with Crippen LogP contribution < -0.4 is 9.50 Å². The minimum absolute atomic E-state index is 0.0260. The van der Waals surface area contributed by atoms with Crippen LogP contribution in [0.1, 0.15) is 24.1 Å². The average molecular weight is 435 g/mol. The number of nitrogens with one attached hydrogen (secondary N) is 1. The van der Waals surface area contributed by atoms with Crippen molar-refractivity contribution >= 4 is 22.1 Å². The summed E-state index contributed by atoms with van der Waals surface area (Å²) in [5, 5.41) is 2.47. The third kappa shape index (κ3) is 6.01.